The van der Waals surface area contributed by atoms with Gasteiger partial charge in [-0.15, -0.1) is 0 Å². The lowest BCUT2D eigenvalue weighted by atomic mass is 9.78. The third kappa shape index (κ3) is 4.63. The van der Waals surface area contributed by atoms with Crippen LogP contribution in [0.3, 0.4) is 0 Å². The molecule has 9 heteroatoms. The lowest BCUT2D eigenvalue weighted by Gasteiger charge is -2.21. The fourth-order valence-corrected chi connectivity index (χ4v) is 2.99. The van der Waals surface area contributed by atoms with Crippen molar-refractivity contribution in [3.63, 3.8) is 0 Å². The third-order valence-electron chi connectivity index (χ3n) is 4.66. The van der Waals surface area contributed by atoms with Gasteiger partial charge in [0.2, 0.25) is 0 Å². The molecule has 29 heavy (non-hydrogen) atoms. The van der Waals surface area contributed by atoms with E-state index in [4.69, 9.17) is 9.39 Å². The molecule has 0 spiro atoms. The van der Waals surface area contributed by atoms with Gasteiger partial charge in [-0.3, -0.25) is 4.79 Å². The molecule has 0 aliphatic carbocycles. The van der Waals surface area contributed by atoms with Gasteiger partial charge < -0.3 is 19.7 Å². The smallest absolute Gasteiger partial charge is 0.459 e. The highest BCUT2D eigenvalue weighted by Crippen LogP contribution is 2.17. The van der Waals surface area contributed by atoms with Crippen LogP contribution in [0.1, 0.15) is 35.3 Å². The predicted octanol–water partition coefficient (Wildman–Crippen LogP) is 1.68. The number of esters is 1. The molecule has 0 radical (unpaired) electrons. The Morgan fingerprint density at radius 2 is 1.90 bits per heavy atom. The highest BCUT2D eigenvalue weighted by atomic mass is 19.1. The molecule has 152 valence electrons. The maximum absolute atomic E-state index is 14.7. The molecular weight excluding hydrogens is 383 g/mol. The zero-order chi connectivity index (χ0) is 21.1. The second-order valence-corrected chi connectivity index (χ2v) is 7.09. The minimum Gasteiger partial charge on any atom is -0.459 e. The van der Waals surface area contributed by atoms with E-state index >= 15 is 0 Å². The number of ether oxygens (including phenoxy) is 1. The third-order valence-corrected chi connectivity index (χ3v) is 4.66. The van der Waals surface area contributed by atoms with E-state index in [9.17, 15) is 23.4 Å². The molecule has 0 saturated heterocycles. The molecule has 0 aromatic heterocycles. The van der Waals surface area contributed by atoms with Crippen LogP contribution < -0.4 is 10.8 Å². The van der Waals surface area contributed by atoms with Crippen LogP contribution in [0.5, 0.6) is 0 Å². The van der Waals surface area contributed by atoms with E-state index in [-0.39, 0.29) is 30.2 Å². The molecule has 0 saturated carbocycles. The maximum Gasteiger partial charge on any atom is 0.494 e. The summed E-state index contributed by atoms with van der Waals surface area (Å²) in [7, 11) is -1.43. The first-order valence-electron chi connectivity index (χ1n) is 9.10. The number of amides is 1. The largest absolute Gasteiger partial charge is 0.494 e. The quantitative estimate of drug-likeness (QED) is 0.567. The van der Waals surface area contributed by atoms with Gasteiger partial charge in [-0.2, -0.15) is 0 Å². The molecular formula is C20H20BF2NO5. The molecule has 0 bridgehead atoms. The van der Waals surface area contributed by atoms with Crippen LogP contribution >= 0.6 is 0 Å². The Hall–Kier alpha value is -2.78. The highest BCUT2D eigenvalue weighted by molar-refractivity contribution is 6.61. The first-order valence-corrected chi connectivity index (χ1v) is 9.10. The number of hydrogen-bond acceptors (Lipinski definition) is 5. The average molecular weight is 403 g/mol. The van der Waals surface area contributed by atoms with Crippen LogP contribution in [0.4, 0.5) is 8.78 Å². The normalized spacial score (nSPS) is 13.9. The van der Waals surface area contributed by atoms with Crippen molar-refractivity contribution in [2.24, 2.45) is 5.92 Å². The Balaban J connectivity index is 1.70. The van der Waals surface area contributed by atoms with E-state index in [2.05, 4.69) is 5.32 Å². The van der Waals surface area contributed by atoms with Crippen LogP contribution in [0, 0.1) is 17.6 Å². The zero-order valence-electron chi connectivity index (χ0n) is 15.9. The summed E-state index contributed by atoms with van der Waals surface area (Å²) in [5.41, 5.74) is 0.681. The zero-order valence-corrected chi connectivity index (χ0v) is 15.9. The van der Waals surface area contributed by atoms with Gasteiger partial charge in [0.1, 0.15) is 24.3 Å². The van der Waals surface area contributed by atoms with Crippen LogP contribution in [-0.4, -0.2) is 30.1 Å². The van der Waals surface area contributed by atoms with Crippen molar-refractivity contribution in [2.75, 3.05) is 0 Å². The number of hydrogen-bond donors (Lipinski definition) is 2. The molecule has 6 nitrogen and oxygen atoms in total. The number of carbonyl (C=O) groups excluding carboxylic acids is 2. The summed E-state index contributed by atoms with van der Waals surface area (Å²) in [6, 6.07) is 7.24. The van der Waals surface area contributed by atoms with Crippen LogP contribution in [0.25, 0.3) is 0 Å². The van der Waals surface area contributed by atoms with Crippen LogP contribution in [0.15, 0.2) is 36.4 Å². The fraction of sp³-hybridized carbons (Fsp3) is 0.300. The van der Waals surface area contributed by atoms with Gasteiger partial charge in [0.25, 0.3) is 5.91 Å². The number of rotatable bonds is 6. The van der Waals surface area contributed by atoms with Crippen molar-refractivity contribution < 1.29 is 32.8 Å². The Kier molecular flexibility index (Phi) is 6.29. The van der Waals surface area contributed by atoms with Gasteiger partial charge in [0.15, 0.2) is 0 Å². The van der Waals surface area contributed by atoms with Crippen molar-refractivity contribution in [1.29, 1.82) is 0 Å². The molecule has 2 aromatic rings. The molecule has 3 rings (SSSR count). The Bertz CT molecular complexity index is 920. The maximum atomic E-state index is 14.7. The van der Waals surface area contributed by atoms with Crippen molar-refractivity contribution in [3.05, 3.63) is 64.7 Å². The number of nitrogens with one attached hydrogen (secondary N) is 1. The molecule has 0 fully saturated rings. The Morgan fingerprint density at radius 1 is 1.21 bits per heavy atom. The van der Waals surface area contributed by atoms with Gasteiger partial charge in [-0.1, -0.05) is 32.0 Å². The fourth-order valence-electron chi connectivity index (χ4n) is 2.99. The molecule has 1 aliphatic rings. The van der Waals surface area contributed by atoms with Gasteiger partial charge in [-0.05, 0) is 35.2 Å². The molecule has 2 aromatic carbocycles. The number of carbonyl (C=O) groups is 2. The summed E-state index contributed by atoms with van der Waals surface area (Å²) in [5, 5.41) is 12.2. The van der Waals surface area contributed by atoms with E-state index in [0.29, 0.717) is 11.1 Å². The first kappa shape index (κ1) is 20.9. The van der Waals surface area contributed by atoms with E-state index < -0.39 is 36.7 Å². The van der Waals surface area contributed by atoms with Crippen molar-refractivity contribution in [3.8, 4) is 0 Å². The van der Waals surface area contributed by atoms with Crippen molar-refractivity contribution in [2.45, 2.75) is 33.1 Å². The van der Waals surface area contributed by atoms with Crippen LogP contribution in [-0.2, 0) is 27.4 Å². The molecule has 2 N–H and O–H groups in total. The van der Waals surface area contributed by atoms with E-state index in [0.717, 1.165) is 0 Å². The predicted molar refractivity (Wildman–Crippen MR) is 101 cm³/mol. The monoisotopic (exact) mass is 403 g/mol. The standard InChI is InChI=1S/C20H20BF2NO5/c1-11(2)18(20(26)28-9-12-3-6-14(22)7-4-12)24-19(25)15-8-5-13-10-29-21(27)16(13)17(15)23/h3-8,11,18,27H,9-10H2,1-2H3,(H,24,25)/t18-/m0/s1. The molecule has 1 amide bonds. The SMILES string of the molecule is CC(C)[C@H](NC(=O)c1ccc2c(c1F)B(O)OC2)C(=O)OCc1ccc(F)cc1. The molecule has 1 aliphatic heterocycles. The van der Waals surface area contributed by atoms with Gasteiger partial charge in [0, 0.05) is 5.46 Å². The first-order chi connectivity index (χ1) is 13.8. The van der Waals surface area contributed by atoms with E-state index in [1.165, 1.54) is 36.4 Å². The molecule has 1 atom stereocenters. The second-order valence-electron chi connectivity index (χ2n) is 7.09. The summed E-state index contributed by atoms with van der Waals surface area (Å²) >= 11 is 0. The lowest BCUT2D eigenvalue weighted by Crippen LogP contribution is -2.46. The van der Waals surface area contributed by atoms with Gasteiger partial charge in [-0.25, -0.2) is 13.6 Å². The van der Waals surface area contributed by atoms with Gasteiger partial charge >= 0.3 is 13.1 Å². The van der Waals surface area contributed by atoms with E-state index in [1.807, 2.05) is 0 Å². The Morgan fingerprint density at radius 3 is 2.55 bits per heavy atom. The number of halogens is 2. The summed E-state index contributed by atoms with van der Waals surface area (Å²) in [4.78, 5) is 25.0. The molecule has 1 heterocycles. The number of benzene rings is 2. The second kappa shape index (κ2) is 8.71. The topological polar surface area (TPSA) is 84.9 Å². The minimum atomic E-state index is -1.43. The molecule has 0 unspecified atom stereocenters. The average Bonchev–Trinajstić information content (AvgIpc) is 3.07. The number of fused-ring (bicyclic) bond motifs is 1. The van der Waals surface area contributed by atoms with E-state index in [1.54, 1.807) is 13.8 Å². The Labute approximate surface area is 167 Å². The van der Waals surface area contributed by atoms with Crippen molar-refractivity contribution in [1.82, 2.24) is 5.32 Å². The lowest BCUT2D eigenvalue weighted by molar-refractivity contribution is -0.148. The van der Waals surface area contributed by atoms with Crippen LogP contribution in [0.2, 0.25) is 0 Å². The highest BCUT2D eigenvalue weighted by Gasteiger charge is 2.34. The summed E-state index contributed by atoms with van der Waals surface area (Å²) in [6.45, 7) is 3.39. The summed E-state index contributed by atoms with van der Waals surface area (Å²) in [5.74, 6) is -3.11. The summed E-state index contributed by atoms with van der Waals surface area (Å²) in [6.07, 6.45) is 0. The van der Waals surface area contributed by atoms with Gasteiger partial charge in [0.05, 0.1) is 12.2 Å². The van der Waals surface area contributed by atoms with Crippen molar-refractivity contribution >= 4 is 24.5 Å². The summed E-state index contributed by atoms with van der Waals surface area (Å²) < 4.78 is 37.8. The minimum absolute atomic E-state index is 0.0552.